The van der Waals surface area contributed by atoms with E-state index in [0.717, 1.165) is 11.1 Å². The number of hydrogen-bond donors (Lipinski definition) is 1. The van der Waals surface area contributed by atoms with Crippen molar-refractivity contribution in [3.05, 3.63) is 29.3 Å². The molecule has 0 aliphatic rings. The molecule has 0 spiro atoms. The topological polar surface area (TPSA) is 60.2 Å². The van der Waals surface area contributed by atoms with E-state index in [0.29, 0.717) is 17.9 Å². The van der Waals surface area contributed by atoms with Crippen molar-refractivity contribution >= 4 is 9.84 Å². The molecule has 4 heteroatoms. The minimum atomic E-state index is -3.20. The van der Waals surface area contributed by atoms with Crippen LogP contribution in [0.25, 0.3) is 0 Å². The van der Waals surface area contributed by atoms with Crippen LogP contribution in [-0.2, 0) is 9.84 Å². The van der Waals surface area contributed by atoms with Crippen LogP contribution in [0.5, 0.6) is 0 Å². The minimum Gasteiger partial charge on any atom is -0.330 e. The Morgan fingerprint density at radius 3 is 2.28 bits per heavy atom. The van der Waals surface area contributed by atoms with Gasteiger partial charge in [0, 0.05) is 0 Å². The van der Waals surface area contributed by atoms with Gasteiger partial charge < -0.3 is 5.73 Å². The van der Waals surface area contributed by atoms with E-state index in [-0.39, 0.29) is 11.2 Å². The molecule has 18 heavy (non-hydrogen) atoms. The summed E-state index contributed by atoms with van der Waals surface area (Å²) in [6.07, 6.45) is 0.582. The van der Waals surface area contributed by atoms with Gasteiger partial charge in [0.25, 0.3) is 0 Å². The Morgan fingerprint density at radius 2 is 1.78 bits per heavy atom. The fraction of sp³-hybridized carbons (Fsp3) is 0.571. The summed E-state index contributed by atoms with van der Waals surface area (Å²) < 4.78 is 24.4. The zero-order valence-corrected chi connectivity index (χ0v) is 12.5. The van der Waals surface area contributed by atoms with Crippen LogP contribution < -0.4 is 5.73 Å². The highest BCUT2D eigenvalue weighted by atomic mass is 32.2. The first-order valence-corrected chi connectivity index (χ1v) is 7.83. The molecule has 2 N–H and O–H groups in total. The second-order valence-electron chi connectivity index (χ2n) is 5.68. The number of sulfone groups is 1. The first-order valence-electron chi connectivity index (χ1n) is 6.18. The fourth-order valence-corrected chi connectivity index (χ4v) is 3.23. The molecule has 0 radical (unpaired) electrons. The molecule has 0 atom stereocenters. The normalized spacial score (nSPS) is 12.7. The maximum absolute atomic E-state index is 12.2. The summed E-state index contributed by atoms with van der Waals surface area (Å²) in [5, 5.41) is 0. The van der Waals surface area contributed by atoms with Gasteiger partial charge in [-0.15, -0.1) is 0 Å². The summed E-state index contributed by atoms with van der Waals surface area (Å²) in [5.74, 6) is 0.152. The number of benzene rings is 1. The zero-order valence-electron chi connectivity index (χ0n) is 11.7. The molecular weight excluding hydrogens is 246 g/mol. The zero-order chi connectivity index (χ0) is 14.0. The molecule has 1 aromatic carbocycles. The van der Waals surface area contributed by atoms with Crippen LogP contribution in [0.3, 0.4) is 0 Å². The van der Waals surface area contributed by atoms with Crippen molar-refractivity contribution in [1.29, 1.82) is 0 Å². The maximum Gasteiger partial charge on any atom is 0.178 e. The number of rotatable bonds is 5. The van der Waals surface area contributed by atoms with E-state index in [9.17, 15) is 8.42 Å². The highest BCUT2D eigenvalue weighted by molar-refractivity contribution is 7.91. The van der Waals surface area contributed by atoms with Crippen LogP contribution in [0.1, 0.15) is 31.4 Å². The smallest absolute Gasteiger partial charge is 0.178 e. The molecule has 1 rings (SSSR count). The third kappa shape index (κ3) is 3.82. The van der Waals surface area contributed by atoms with Crippen molar-refractivity contribution in [2.75, 3.05) is 12.3 Å². The number of hydrogen-bond acceptors (Lipinski definition) is 3. The lowest BCUT2D eigenvalue weighted by Crippen LogP contribution is -2.26. The standard InChI is InChI=1S/C14H23NO2S/c1-11-5-6-13(9-12(11)2)18(16,17)8-7-14(3,4)10-15/h5-6,9H,7-8,10,15H2,1-4H3. The van der Waals surface area contributed by atoms with Crippen LogP contribution in [0.2, 0.25) is 0 Å². The average Bonchev–Trinajstić information content (AvgIpc) is 2.30. The maximum atomic E-state index is 12.2. The number of aryl methyl sites for hydroxylation is 2. The monoisotopic (exact) mass is 269 g/mol. The van der Waals surface area contributed by atoms with Crippen molar-refractivity contribution < 1.29 is 8.42 Å². The Hall–Kier alpha value is -0.870. The van der Waals surface area contributed by atoms with Gasteiger partial charge >= 0.3 is 0 Å². The van der Waals surface area contributed by atoms with Gasteiger partial charge in [0.05, 0.1) is 10.6 Å². The first-order chi connectivity index (χ1) is 8.18. The van der Waals surface area contributed by atoms with E-state index in [1.165, 1.54) is 0 Å². The van der Waals surface area contributed by atoms with Crippen molar-refractivity contribution in [2.24, 2.45) is 11.1 Å². The second kappa shape index (κ2) is 5.41. The quantitative estimate of drug-likeness (QED) is 0.893. The van der Waals surface area contributed by atoms with Crippen molar-refractivity contribution in [3.8, 4) is 0 Å². The molecule has 0 amide bonds. The lowest BCUT2D eigenvalue weighted by Gasteiger charge is -2.21. The Balaban J connectivity index is 2.90. The molecule has 0 aliphatic heterocycles. The first kappa shape index (κ1) is 15.2. The lowest BCUT2D eigenvalue weighted by molar-refractivity contribution is 0.365. The van der Waals surface area contributed by atoms with Crippen LogP contribution in [0.15, 0.2) is 23.1 Å². The lowest BCUT2D eigenvalue weighted by atomic mass is 9.91. The van der Waals surface area contributed by atoms with Gasteiger partial charge in [-0.2, -0.15) is 0 Å². The molecule has 3 nitrogen and oxygen atoms in total. The summed E-state index contributed by atoms with van der Waals surface area (Å²) in [7, 11) is -3.20. The third-order valence-corrected chi connectivity index (χ3v) is 5.15. The Bertz CT molecular complexity index is 519. The Labute approximate surface area is 110 Å². The van der Waals surface area contributed by atoms with E-state index < -0.39 is 9.84 Å². The summed E-state index contributed by atoms with van der Waals surface area (Å²) in [5.41, 5.74) is 7.61. The molecule has 0 aliphatic carbocycles. The van der Waals surface area contributed by atoms with Gasteiger partial charge in [-0.3, -0.25) is 0 Å². The molecule has 0 unspecified atom stereocenters. The molecule has 0 saturated carbocycles. The predicted octanol–water partition coefficient (Wildman–Crippen LogP) is 2.45. The van der Waals surface area contributed by atoms with Crippen LogP contribution in [0, 0.1) is 19.3 Å². The summed E-state index contributed by atoms with van der Waals surface area (Å²) in [4.78, 5) is 0.415. The van der Waals surface area contributed by atoms with E-state index in [1.54, 1.807) is 12.1 Å². The van der Waals surface area contributed by atoms with Gasteiger partial charge in [0.1, 0.15) is 0 Å². The van der Waals surface area contributed by atoms with E-state index in [1.807, 2.05) is 33.8 Å². The fourth-order valence-electron chi connectivity index (χ4n) is 1.54. The van der Waals surface area contributed by atoms with E-state index in [2.05, 4.69) is 0 Å². The third-order valence-electron chi connectivity index (χ3n) is 3.44. The van der Waals surface area contributed by atoms with Crippen LogP contribution in [-0.4, -0.2) is 20.7 Å². The predicted molar refractivity (Wildman–Crippen MR) is 75.4 cm³/mol. The molecule has 0 bridgehead atoms. The van der Waals surface area contributed by atoms with Crippen molar-refractivity contribution in [3.63, 3.8) is 0 Å². The van der Waals surface area contributed by atoms with Gasteiger partial charge in [0.2, 0.25) is 0 Å². The van der Waals surface area contributed by atoms with Crippen molar-refractivity contribution in [2.45, 2.75) is 39.0 Å². The molecule has 0 fully saturated rings. The van der Waals surface area contributed by atoms with Gasteiger partial charge in [0.15, 0.2) is 9.84 Å². The Morgan fingerprint density at radius 1 is 1.17 bits per heavy atom. The number of nitrogens with two attached hydrogens (primary N) is 1. The Kier molecular flexibility index (Phi) is 4.56. The van der Waals surface area contributed by atoms with Gasteiger partial charge in [-0.1, -0.05) is 19.9 Å². The molecule has 102 valence electrons. The largest absolute Gasteiger partial charge is 0.330 e. The molecule has 0 aromatic heterocycles. The summed E-state index contributed by atoms with van der Waals surface area (Å²) in [6, 6.07) is 5.30. The highest BCUT2D eigenvalue weighted by Crippen LogP contribution is 2.23. The van der Waals surface area contributed by atoms with Crippen LogP contribution in [0.4, 0.5) is 0 Å². The second-order valence-corrected chi connectivity index (χ2v) is 7.79. The molecule has 0 saturated heterocycles. The van der Waals surface area contributed by atoms with Gasteiger partial charge in [-0.25, -0.2) is 8.42 Å². The van der Waals surface area contributed by atoms with E-state index >= 15 is 0 Å². The van der Waals surface area contributed by atoms with Gasteiger partial charge in [-0.05, 0) is 55.5 Å². The average molecular weight is 269 g/mol. The SMILES string of the molecule is Cc1ccc(S(=O)(=O)CCC(C)(C)CN)cc1C. The molecule has 0 heterocycles. The van der Waals surface area contributed by atoms with Crippen LogP contribution >= 0.6 is 0 Å². The summed E-state index contributed by atoms with van der Waals surface area (Å²) >= 11 is 0. The van der Waals surface area contributed by atoms with E-state index in [4.69, 9.17) is 5.73 Å². The summed E-state index contributed by atoms with van der Waals surface area (Å²) in [6.45, 7) is 8.38. The molecular formula is C14H23NO2S. The molecule has 1 aromatic rings. The van der Waals surface area contributed by atoms with Crippen molar-refractivity contribution in [1.82, 2.24) is 0 Å². The highest BCUT2D eigenvalue weighted by Gasteiger charge is 2.22. The minimum absolute atomic E-state index is 0.132.